The van der Waals surface area contributed by atoms with Crippen LogP contribution in [0.25, 0.3) is 0 Å². The van der Waals surface area contributed by atoms with Crippen molar-refractivity contribution in [2.45, 2.75) is 40.0 Å². The summed E-state index contributed by atoms with van der Waals surface area (Å²) in [5.74, 6) is 1.28. The number of carbonyl (C=O) groups excluding carboxylic acids is 2. The van der Waals surface area contributed by atoms with Crippen molar-refractivity contribution >= 4 is 11.7 Å². The molecule has 6 heteroatoms. The molecule has 6 nitrogen and oxygen atoms in total. The predicted molar refractivity (Wildman–Crippen MR) is 108 cm³/mol. The highest BCUT2D eigenvalue weighted by atomic mass is 16.5. The van der Waals surface area contributed by atoms with Crippen molar-refractivity contribution in [1.82, 2.24) is 10.3 Å². The Labute approximate surface area is 165 Å². The zero-order valence-electron chi connectivity index (χ0n) is 17.2. The number of fused-ring (bicyclic) bond motifs is 1. The number of aromatic nitrogens is 1. The lowest BCUT2D eigenvalue weighted by molar-refractivity contribution is 0.0909. The average Bonchev–Trinajstić information content (AvgIpc) is 2.96. The number of H-pyrrole nitrogens is 1. The molecule has 0 saturated carbocycles. The number of hydrogen-bond donors (Lipinski definition) is 2. The number of ether oxygens (including phenoxy) is 2. The van der Waals surface area contributed by atoms with Gasteiger partial charge in [-0.3, -0.25) is 9.59 Å². The number of benzene rings is 1. The molecule has 28 heavy (non-hydrogen) atoms. The Balaban J connectivity index is 1.67. The SMILES string of the molecule is COc1ccc(CCNC(=O)c2[nH]c3c(c2C)C(=O)CC(C)(C)C3)cc1OC. The largest absolute Gasteiger partial charge is 0.493 e. The molecular weight excluding hydrogens is 356 g/mol. The van der Waals surface area contributed by atoms with E-state index in [-0.39, 0.29) is 17.1 Å². The van der Waals surface area contributed by atoms with E-state index < -0.39 is 0 Å². The monoisotopic (exact) mass is 384 g/mol. The second kappa shape index (κ2) is 7.70. The van der Waals surface area contributed by atoms with Gasteiger partial charge in [-0.15, -0.1) is 0 Å². The molecule has 1 heterocycles. The van der Waals surface area contributed by atoms with Gasteiger partial charge in [0, 0.05) is 24.2 Å². The van der Waals surface area contributed by atoms with E-state index in [0.717, 1.165) is 23.2 Å². The fourth-order valence-corrected chi connectivity index (χ4v) is 3.90. The van der Waals surface area contributed by atoms with Crippen molar-refractivity contribution in [3.05, 3.63) is 46.3 Å². The average molecular weight is 384 g/mol. The third-order valence-corrected chi connectivity index (χ3v) is 5.28. The standard InChI is InChI=1S/C22H28N2O4/c1-13-19-15(11-22(2,3)12-16(19)25)24-20(13)21(26)23-9-8-14-6-7-17(27-4)18(10-14)28-5/h6-7,10,24H,8-9,11-12H2,1-5H3,(H,23,26). The van der Waals surface area contributed by atoms with Crippen molar-refractivity contribution in [1.29, 1.82) is 0 Å². The first-order chi connectivity index (χ1) is 13.3. The second-order valence-electron chi connectivity index (χ2n) is 8.11. The van der Waals surface area contributed by atoms with Gasteiger partial charge in [-0.25, -0.2) is 0 Å². The summed E-state index contributed by atoms with van der Waals surface area (Å²) >= 11 is 0. The summed E-state index contributed by atoms with van der Waals surface area (Å²) in [5.41, 5.74) is 3.77. The number of nitrogens with one attached hydrogen (secondary N) is 2. The molecule has 0 aliphatic heterocycles. The molecule has 3 rings (SSSR count). The van der Waals surface area contributed by atoms with Crippen LogP contribution in [0.15, 0.2) is 18.2 Å². The highest BCUT2D eigenvalue weighted by Crippen LogP contribution is 2.36. The minimum absolute atomic E-state index is 0.0808. The highest BCUT2D eigenvalue weighted by Gasteiger charge is 2.35. The third kappa shape index (κ3) is 3.91. The first-order valence-electron chi connectivity index (χ1n) is 9.49. The maximum Gasteiger partial charge on any atom is 0.268 e. The molecule has 2 N–H and O–H groups in total. The maximum atomic E-state index is 12.7. The van der Waals surface area contributed by atoms with E-state index >= 15 is 0 Å². The van der Waals surface area contributed by atoms with Crippen LogP contribution < -0.4 is 14.8 Å². The molecule has 0 bridgehead atoms. The Bertz CT molecular complexity index is 912. The molecule has 0 radical (unpaired) electrons. The van der Waals surface area contributed by atoms with Gasteiger partial charge in [-0.2, -0.15) is 0 Å². The summed E-state index contributed by atoms with van der Waals surface area (Å²) in [5, 5.41) is 2.95. The molecule has 150 valence electrons. The van der Waals surface area contributed by atoms with Crippen molar-refractivity contribution in [3.63, 3.8) is 0 Å². The summed E-state index contributed by atoms with van der Waals surface area (Å²) in [7, 11) is 3.20. The van der Waals surface area contributed by atoms with Gasteiger partial charge in [0.05, 0.1) is 14.2 Å². The maximum absolute atomic E-state index is 12.7. The fraction of sp³-hybridized carbons (Fsp3) is 0.455. The normalized spacial score (nSPS) is 15.1. The van der Waals surface area contributed by atoms with Crippen LogP contribution in [-0.2, 0) is 12.8 Å². The van der Waals surface area contributed by atoms with E-state index in [1.54, 1.807) is 14.2 Å². The number of rotatable bonds is 6. The summed E-state index contributed by atoms with van der Waals surface area (Å²) in [6.07, 6.45) is 1.95. The Hall–Kier alpha value is -2.76. The molecule has 1 amide bonds. The van der Waals surface area contributed by atoms with Crippen molar-refractivity contribution in [2.24, 2.45) is 5.41 Å². The molecular formula is C22H28N2O4. The number of ketones is 1. The summed E-state index contributed by atoms with van der Waals surface area (Å²) in [6.45, 7) is 6.48. The van der Waals surface area contributed by atoms with E-state index in [2.05, 4.69) is 24.1 Å². The Kier molecular flexibility index (Phi) is 5.49. The highest BCUT2D eigenvalue weighted by molar-refractivity contribution is 6.04. The van der Waals surface area contributed by atoms with Crippen molar-refractivity contribution in [2.75, 3.05) is 20.8 Å². The van der Waals surface area contributed by atoms with Crippen LogP contribution in [0.4, 0.5) is 0 Å². The molecule has 0 atom stereocenters. The molecule has 0 saturated heterocycles. The first kappa shape index (κ1) is 20.0. The number of amides is 1. The number of Topliss-reactive ketones (excluding diaryl/α,β-unsaturated/α-hetero) is 1. The van der Waals surface area contributed by atoms with E-state index in [0.29, 0.717) is 42.1 Å². The number of aromatic amines is 1. The zero-order valence-corrected chi connectivity index (χ0v) is 17.2. The van der Waals surface area contributed by atoms with Crippen LogP contribution in [0, 0.1) is 12.3 Å². The lowest BCUT2D eigenvalue weighted by atomic mass is 9.75. The summed E-state index contributed by atoms with van der Waals surface area (Å²) in [6, 6.07) is 5.71. The molecule has 1 aromatic carbocycles. The summed E-state index contributed by atoms with van der Waals surface area (Å²) in [4.78, 5) is 28.4. The van der Waals surface area contributed by atoms with E-state index in [1.165, 1.54) is 0 Å². The van der Waals surface area contributed by atoms with E-state index in [9.17, 15) is 9.59 Å². The lowest BCUT2D eigenvalue weighted by Crippen LogP contribution is -2.26. The van der Waals surface area contributed by atoms with Gasteiger partial charge in [0.2, 0.25) is 0 Å². The van der Waals surface area contributed by atoms with Gasteiger partial charge in [-0.1, -0.05) is 19.9 Å². The fourth-order valence-electron chi connectivity index (χ4n) is 3.90. The van der Waals surface area contributed by atoms with Crippen LogP contribution >= 0.6 is 0 Å². The van der Waals surface area contributed by atoms with Crippen molar-refractivity contribution < 1.29 is 19.1 Å². The van der Waals surface area contributed by atoms with Crippen LogP contribution in [0.2, 0.25) is 0 Å². The summed E-state index contributed by atoms with van der Waals surface area (Å²) < 4.78 is 10.6. The second-order valence-corrected chi connectivity index (χ2v) is 8.11. The quantitative estimate of drug-likeness (QED) is 0.799. The van der Waals surface area contributed by atoms with Gasteiger partial charge in [0.25, 0.3) is 5.91 Å². The van der Waals surface area contributed by atoms with Gasteiger partial charge in [0.1, 0.15) is 5.69 Å². The van der Waals surface area contributed by atoms with Gasteiger partial charge >= 0.3 is 0 Å². The van der Waals surface area contributed by atoms with Gasteiger partial charge in [0.15, 0.2) is 17.3 Å². The number of hydrogen-bond acceptors (Lipinski definition) is 4. The minimum Gasteiger partial charge on any atom is -0.493 e. The van der Waals surface area contributed by atoms with E-state index in [1.807, 2.05) is 25.1 Å². The lowest BCUT2D eigenvalue weighted by Gasteiger charge is -2.28. The van der Waals surface area contributed by atoms with E-state index in [4.69, 9.17) is 9.47 Å². The minimum atomic E-state index is -0.182. The molecule has 0 fully saturated rings. The van der Waals surface area contributed by atoms with Crippen LogP contribution in [0.3, 0.4) is 0 Å². The predicted octanol–water partition coefficient (Wildman–Crippen LogP) is 3.47. The first-order valence-corrected chi connectivity index (χ1v) is 9.49. The van der Waals surface area contributed by atoms with Crippen LogP contribution in [-0.4, -0.2) is 37.4 Å². The third-order valence-electron chi connectivity index (χ3n) is 5.28. The number of methoxy groups -OCH3 is 2. The zero-order chi connectivity index (χ0) is 20.5. The molecule has 2 aromatic rings. The topological polar surface area (TPSA) is 80.4 Å². The van der Waals surface area contributed by atoms with Crippen LogP contribution in [0.5, 0.6) is 11.5 Å². The smallest absolute Gasteiger partial charge is 0.268 e. The Morgan fingerprint density at radius 3 is 2.57 bits per heavy atom. The van der Waals surface area contributed by atoms with Gasteiger partial charge in [-0.05, 0) is 48.4 Å². The molecule has 1 aliphatic rings. The molecule has 1 aromatic heterocycles. The number of carbonyl (C=O) groups is 2. The molecule has 0 spiro atoms. The van der Waals surface area contributed by atoms with Crippen molar-refractivity contribution in [3.8, 4) is 11.5 Å². The molecule has 0 unspecified atom stereocenters. The Morgan fingerprint density at radius 1 is 1.18 bits per heavy atom. The Morgan fingerprint density at radius 2 is 1.89 bits per heavy atom. The van der Waals surface area contributed by atoms with Gasteiger partial charge < -0.3 is 19.8 Å². The van der Waals surface area contributed by atoms with Crippen LogP contribution in [0.1, 0.15) is 57.9 Å². The molecule has 1 aliphatic carbocycles.